The van der Waals surface area contributed by atoms with E-state index in [1.54, 1.807) is 0 Å². The lowest BCUT2D eigenvalue weighted by atomic mass is 9.93. The molecule has 2 rings (SSSR count). The average molecular weight is 267 g/mol. The Morgan fingerprint density at radius 3 is 2.94 bits per heavy atom. The molecule has 3 nitrogen and oxygen atoms in total. The third-order valence-corrected chi connectivity index (χ3v) is 4.99. The maximum Gasteiger partial charge on any atom is 0.110 e. The largest absolute Gasteiger partial charge is 0.335 e. The van der Waals surface area contributed by atoms with Crippen molar-refractivity contribution >= 4 is 11.8 Å². The molecule has 18 heavy (non-hydrogen) atoms. The normalized spacial score (nSPS) is 19.0. The standard InChI is InChI=1S/C14H25N3S/c1-3-17-7-6-16-14(17)11-13(15-2)10-12-4-8-18-9-5-12/h6-7,12-13,15H,3-5,8-11H2,1-2H3. The van der Waals surface area contributed by atoms with Gasteiger partial charge in [-0.1, -0.05) is 0 Å². The summed E-state index contributed by atoms with van der Waals surface area (Å²) in [6.07, 6.45) is 9.15. The van der Waals surface area contributed by atoms with E-state index in [1.807, 2.05) is 6.20 Å². The van der Waals surface area contributed by atoms with E-state index in [9.17, 15) is 0 Å². The van der Waals surface area contributed by atoms with Gasteiger partial charge in [0.25, 0.3) is 0 Å². The van der Waals surface area contributed by atoms with Crippen LogP contribution >= 0.6 is 11.8 Å². The molecule has 1 unspecified atom stereocenters. The zero-order valence-electron chi connectivity index (χ0n) is 11.6. The number of nitrogens with one attached hydrogen (secondary N) is 1. The van der Waals surface area contributed by atoms with Crippen LogP contribution in [-0.4, -0.2) is 34.1 Å². The van der Waals surface area contributed by atoms with Gasteiger partial charge in [-0.25, -0.2) is 4.98 Å². The van der Waals surface area contributed by atoms with Crippen LogP contribution in [0.5, 0.6) is 0 Å². The monoisotopic (exact) mass is 267 g/mol. The maximum atomic E-state index is 4.49. The van der Waals surface area contributed by atoms with Gasteiger partial charge in [0, 0.05) is 31.4 Å². The summed E-state index contributed by atoms with van der Waals surface area (Å²) in [4.78, 5) is 4.49. The quantitative estimate of drug-likeness (QED) is 0.859. The van der Waals surface area contributed by atoms with Crippen LogP contribution in [0.4, 0.5) is 0 Å². The highest BCUT2D eigenvalue weighted by Crippen LogP contribution is 2.26. The first-order chi connectivity index (χ1) is 8.83. The van der Waals surface area contributed by atoms with Gasteiger partial charge in [-0.3, -0.25) is 0 Å². The van der Waals surface area contributed by atoms with E-state index in [0.717, 1.165) is 18.9 Å². The minimum Gasteiger partial charge on any atom is -0.335 e. The van der Waals surface area contributed by atoms with Crippen LogP contribution in [0, 0.1) is 5.92 Å². The predicted molar refractivity (Wildman–Crippen MR) is 79.1 cm³/mol. The van der Waals surface area contributed by atoms with E-state index in [1.165, 1.54) is 36.6 Å². The Labute approximate surface area is 115 Å². The molecule has 1 aromatic rings. The van der Waals surface area contributed by atoms with Crippen molar-refractivity contribution in [2.45, 2.75) is 45.2 Å². The Morgan fingerprint density at radius 2 is 2.28 bits per heavy atom. The van der Waals surface area contributed by atoms with Crippen LogP contribution in [0.25, 0.3) is 0 Å². The number of aryl methyl sites for hydroxylation is 1. The zero-order valence-corrected chi connectivity index (χ0v) is 12.4. The maximum absolute atomic E-state index is 4.49. The number of aromatic nitrogens is 2. The Balaban J connectivity index is 1.88. The summed E-state index contributed by atoms with van der Waals surface area (Å²) in [5.74, 6) is 4.84. The van der Waals surface area contributed by atoms with Gasteiger partial charge in [-0.05, 0) is 50.7 Å². The molecule has 1 aliphatic rings. The van der Waals surface area contributed by atoms with Gasteiger partial charge in [0.15, 0.2) is 0 Å². The molecular formula is C14H25N3S. The highest BCUT2D eigenvalue weighted by Gasteiger charge is 2.19. The molecule has 4 heteroatoms. The molecule has 0 spiro atoms. The number of hydrogen-bond acceptors (Lipinski definition) is 3. The van der Waals surface area contributed by atoms with Gasteiger partial charge < -0.3 is 9.88 Å². The summed E-state index contributed by atoms with van der Waals surface area (Å²) in [5.41, 5.74) is 0. The fourth-order valence-electron chi connectivity index (χ4n) is 2.73. The zero-order chi connectivity index (χ0) is 12.8. The number of hydrogen-bond donors (Lipinski definition) is 1. The summed E-state index contributed by atoms with van der Waals surface area (Å²) < 4.78 is 2.25. The van der Waals surface area contributed by atoms with E-state index < -0.39 is 0 Å². The summed E-state index contributed by atoms with van der Waals surface area (Å²) in [5, 5.41) is 3.48. The fraction of sp³-hybridized carbons (Fsp3) is 0.786. The first-order valence-corrected chi connectivity index (χ1v) is 8.24. The van der Waals surface area contributed by atoms with Crippen LogP contribution in [0.15, 0.2) is 12.4 Å². The second-order valence-corrected chi connectivity index (χ2v) is 6.34. The third kappa shape index (κ3) is 3.75. The molecule has 2 heterocycles. The highest BCUT2D eigenvalue weighted by atomic mass is 32.2. The smallest absolute Gasteiger partial charge is 0.110 e. The molecule has 1 atom stereocenters. The summed E-state index contributed by atoms with van der Waals surface area (Å²) in [7, 11) is 2.08. The minimum absolute atomic E-state index is 0.575. The molecule has 1 saturated heterocycles. The predicted octanol–water partition coefficient (Wildman–Crippen LogP) is 2.57. The molecule has 0 aliphatic carbocycles. The van der Waals surface area contributed by atoms with Crippen molar-refractivity contribution in [2.24, 2.45) is 5.92 Å². The molecule has 1 fully saturated rings. The molecule has 1 aromatic heterocycles. The lowest BCUT2D eigenvalue weighted by Crippen LogP contribution is -2.32. The second-order valence-electron chi connectivity index (χ2n) is 5.11. The summed E-state index contributed by atoms with van der Waals surface area (Å²) >= 11 is 2.11. The van der Waals surface area contributed by atoms with E-state index in [2.05, 4.69) is 46.8 Å². The highest BCUT2D eigenvalue weighted by molar-refractivity contribution is 7.99. The Bertz CT molecular complexity index is 345. The van der Waals surface area contributed by atoms with Crippen molar-refractivity contribution in [3.63, 3.8) is 0 Å². The molecule has 0 saturated carbocycles. The van der Waals surface area contributed by atoms with Gasteiger partial charge in [0.2, 0.25) is 0 Å². The number of imidazole rings is 1. The van der Waals surface area contributed by atoms with Crippen molar-refractivity contribution in [2.75, 3.05) is 18.6 Å². The summed E-state index contributed by atoms with van der Waals surface area (Å²) in [6.45, 7) is 3.20. The lowest BCUT2D eigenvalue weighted by molar-refractivity contribution is 0.370. The minimum atomic E-state index is 0.575. The molecule has 0 radical (unpaired) electrons. The van der Waals surface area contributed by atoms with E-state index in [0.29, 0.717) is 6.04 Å². The van der Waals surface area contributed by atoms with Crippen LogP contribution in [-0.2, 0) is 13.0 Å². The molecule has 1 aliphatic heterocycles. The van der Waals surface area contributed by atoms with E-state index in [-0.39, 0.29) is 0 Å². The molecule has 0 aromatic carbocycles. The van der Waals surface area contributed by atoms with Crippen molar-refractivity contribution in [3.05, 3.63) is 18.2 Å². The molecule has 0 bridgehead atoms. The summed E-state index contributed by atoms with van der Waals surface area (Å²) in [6, 6.07) is 0.575. The van der Waals surface area contributed by atoms with Gasteiger partial charge in [0.05, 0.1) is 0 Å². The average Bonchev–Trinajstić information content (AvgIpc) is 2.86. The first kappa shape index (κ1) is 13.9. The van der Waals surface area contributed by atoms with E-state index >= 15 is 0 Å². The van der Waals surface area contributed by atoms with Gasteiger partial charge >= 0.3 is 0 Å². The van der Waals surface area contributed by atoms with Crippen LogP contribution in [0.1, 0.15) is 32.0 Å². The topological polar surface area (TPSA) is 29.9 Å². The fourth-order valence-corrected chi connectivity index (χ4v) is 3.93. The number of nitrogens with zero attached hydrogens (tertiary/aromatic N) is 2. The van der Waals surface area contributed by atoms with Crippen molar-refractivity contribution in [3.8, 4) is 0 Å². The Morgan fingerprint density at radius 1 is 1.50 bits per heavy atom. The molecule has 102 valence electrons. The van der Waals surface area contributed by atoms with Gasteiger partial charge in [0.1, 0.15) is 5.82 Å². The number of likely N-dealkylation sites (N-methyl/N-ethyl adjacent to an activating group) is 1. The van der Waals surface area contributed by atoms with Crippen molar-refractivity contribution < 1.29 is 0 Å². The lowest BCUT2D eigenvalue weighted by Gasteiger charge is -2.26. The second kappa shape index (κ2) is 7.19. The van der Waals surface area contributed by atoms with Gasteiger partial charge in [-0.15, -0.1) is 0 Å². The van der Waals surface area contributed by atoms with Gasteiger partial charge in [-0.2, -0.15) is 11.8 Å². The Kier molecular flexibility index (Phi) is 5.57. The Hall–Kier alpha value is -0.480. The van der Waals surface area contributed by atoms with E-state index in [4.69, 9.17) is 0 Å². The van der Waals surface area contributed by atoms with Crippen LogP contribution in [0.3, 0.4) is 0 Å². The van der Waals surface area contributed by atoms with Crippen molar-refractivity contribution in [1.82, 2.24) is 14.9 Å². The van der Waals surface area contributed by atoms with Crippen LogP contribution in [0.2, 0.25) is 0 Å². The first-order valence-electron chi connectivity index (χ1n) is 7.08. The molecule has 1 N–H and O–H groups in total. The number of rotatable bonds is 6. The van der Waals surface area contributed by atoms with Crippen molar-refractivity contribution in [1.29, 1.82) is 0 Å². The molecule has 0 amide bonds. The third-order valence-electron chi connectivity index (χ3n) is 3.94. The SMILES string of the molecule is CCn1ccnc1CC(CC1CCSCC1)NC. The van der Waals surface area contributed by atoms with Crippen LogP contribution < -0.4 is 5.32 Å². The number of thioether (sulfide) groups is 1. The molecular weight excluding hydrogens is 242 g/mol.